The van der Waals surface area contributed by atoms with Crippen LogP contribution >= 0.6 is 15.9 Å². The van der Waals surface area contributed by atoms with E-state index in [1.807, 2.05) is 0 Å². The molecule has 0 radical (unpaired) electrons. The Balaban J connectivity index is 2.39. The highest BCUT2D eigenvalue weighted by Crippen LogP contribution is 2.33. The van der Waals surface area contributed by atoms with E-state index in [0.29, 0.717) is 10.2 Å². The van der Waals surface area contributed by atoms with Gasteiger partial charge in [-0.25, -0.2) is 9.18 Å². The summed E-state index contributed by atoms with van der Waals surface area (Å²) in [5.74, 6) is -0.493. The first kappa shape index (κ1) is 15.3. The molecule has 0 saturated carbocycles. The van der Waals surface area contributed by atoms with Crippen molar-refractivity contribution in [3.8, 4) is 11.5 Å². The minimum Gasteiger partial charge on any atom is -0.462 e. The molecule has 0 amide bonds. The van der Waals surface area contributed by atoms with Gasteiger partial charge >= 0.3 is 5.97 Å². The van der Waals surface area contributed by atoms with E-state index < -0.39 is 11.8 Å². The van der Waals surface area contributed by atoms with Crippen LogP contribution in [0.1, 0.15) is 17.3 Å². The molecule has 2 aromatic rings. The summed E-state index contributed by atoms with van der Waals surface area (Å²) in [6.45, 7) is 1.94. The number of ether oxygens (including phenoxy) is 2. The quantitative estimate of drug-likeness (QED) is 0.662. The van der Waals surface area contributed by atoms with Gasteiger partial charge in [0.1, 0.15) is 22.9 Å². The Kier molecular flexibility index (Phi) is 4.80. The van der Waals surface area contributed by atoms with E-state index in [-0.39, 0.29) is 23.7 Å². The summed E-state index contributed by atoms with van der Waals surface area (Å²) >= 11 is 3.26. The van der Waals surface area contributed by atoms with Crippen molar-refractivity contribution in [3.63, 3.8) is 0 Å². The molecular formula is C15H13BrFNO3. The number of anilines is 1. The standard InChI is InChI=1S/C15H13BrFNO3/c1-2-20-15(19)11-8-10(18)4-6-13(11)21-14-7-9(17)3-5-12(14)16/h3-8H,2,18H2,1H3. The fraction of sp³-hybridized carbons (Fsp3) is 0.133. The smallest absolute Gasteiger partial charge is 0.342 e. The number of hydrogen-bond acceptors (Lipinski definition) is 4. The van der Waals surface area contributed by atoms with E-state index in [4.69, 9.17) is 15.2 Å². The van der Waals surface area contributed by atoms with Crippen LogP contribution in [0.15, 0.2) is 40.9 Å². The highest BCUT2D eigenvalue weighted by molar-refractivity contribution is 9.10. The third-order valence-electron chi connectivity index (χ3n) is 2.61. The van der Waals surface area contributed by atoms with Crippen molar-refractivity contribution >= 4 is 27.6 Å². The van der Waals surface area contributed by atoms with Crippen molar-refractivity contribution in [3.05, 3.63) is 52.3 Å². The Bertz CT molecular complexity index is 676. The lowest BCUT2D eigenvalue weighted by atomic mass is 10.2. The number of hydrogen-bond donors (Lipinski definition) is 1. The molecule has 0 aromatic heterocycles. The fourth-order valence-corrected chi connectivity index (χ4v) is 2.01. The van der Waals surface area contributed by atoms with E-state index in [1.165, 1.54) is 24.3 Å². The summed E-state index contributed by atoms with van der Waals surface area (Å²) in [6, 6.07) is 8.62. The molecule has 2 aromatic carbocycles. The zero-order valence-corrected chi connectivity index (χ0v) is 12.8. The van der Waals surface area contributed by atoms with Crippen molar-refractivity contribution < 1.29 is 18.7 Å². The second-order valence-electron chi connectivity index (χ2n) is 4.15. The average molecular weight is 354 g/mol. The lowest BCUT2D eigenvalue weighted by Gasteiger charge is -2.12. The molecule has 0 saturated heterocycles. The number of halogens is 2. The van der Waals surface area contributed by atoms with Crippen LogP contribution in [0.4, 0.5) is 10.1 Å². The van der Waals surface area contributed by atoms with Crippen LogP contribution in [0.25, 0.3) is 0 Å². The maximum absolute atomic E-state index is 13.3. The maximum Gasteiger partial charge on any atom is 0.342 e. The zero-order valence-electron chi connectivity index (χ0n) is 11.2. The van der Waals surface area contributed by atoms with Gasteiger partial charge in [0.05, 0.1) is 11.1 Å². The number of nitrogen functional groups attached to an aromatic ring is 1. The van der Waals surface area contributed by atoms with Gasteiger partial charge in [-0.3, -0.25) is 0 Å². The Morgan fingerprint density at radius 3 is 2.71 bits per heavy atom. The molecule has 0 bridgehead atoms. The third kappa shape index (κ3) is 3.72. The third-order valence-corrected chi connectivity index (χ3v) is 3.27. The molecule has 0 aliphatic heterocycles. The van der Waals surface area contributed by atoms with Crippen LogP contribution in [0.2, 0.25) is 0 Å². The molecule has 2 N–H and O–H groups in total. The lowest BCUT2D eigenvalue weighted by Crippen LogP contribution is -2.07. The van der Waals surface area contributed by atoms with Crippen LogP contribution in [0, 0.1) is 5.82 Å². The number of carbonyl (C=O) groups is 1. The second-order valence-corrected chi connectivity index (χ2v) is 5.01. The van der Waals surface area contributed by atoms with Gasteiger partial charge in [0.15, 0.2) is 0 Å². The summed E-state index contributed by atoms with van der Waals surface area (Å²) in [5, 5.41) is 0. The van der Waals surface area contributed by atoms with Crippen molar-refractivity contribution in [2.45, 2.75) is 6.92 Å². The monoisotopic (exact) mass is 353 g/mol. The Labute approximate surface area is 129 Å². The van der Waals surface area contributed by atoms with Crippen molar-refractivity contribution in [2.75, 3.05) is 12.3 Å². The molecule has 0 fully saturated rings. The summed E-state index contributed by atoms with van der Waals surface area (Å²) < 4.78 is 24.4. The normalized spacial score (nSPS) is 10.2. The molecule has 110 valence electrons. The molecule has 21 heavy (non-hydrogen) atoms. The molecule has 2 rings (SSSR count). The van der Waals surface area contributed by atoms with Crippen LogP contribution in [0.5, 0.6) is 11.5 Å². The van der Waals surface area contributed by atoms with Gasteiger partial charge < -0.3 is 15.2 Å². The number of carbonyl (C=O) groups excluding carboxylic acids is 1. The molecule has 0 aliphatic rings. The van der Waals surface area contributed by atoms with Crippen LogP contribution in [0.3, 0.4) is 0 Å². The first-order valence-electron chi connectivity index (χ1n) is 6.20. The van der Waals surface area contributed by atoms with E-state index in [0.717, 1.165) is 0 Å². The molecule has 4 nitrogen and oxygen atoms in total. The van der Waals surface area contributed by atoms with E-state index in [2.05, 4.69) is 15.9 Å². The fourth-order valence-electron chi connectivity index (χ4n) is 1.68. The van der Waals surface area contributed by atoms with Crippen molar-refractivity contribution in [1.82, 2.24) is 0 Å². The Hall–Kier alpha value is -2.08. The average Bonchev–Trinajstić information content (AvgIpc) is 2.45. The lowest BCUT2D eigenvalue weighted by molar-refractivity contribution is 0.0523. The highest BCUT2D eigenvalue weighted by Gasteiger charge is 2.16. The topological polar surface area (TPSA) is 61.5 Å². The summed E-state index contributed by atoms with van der Waals surface area (Å²) in [7, 11) is 0. The Morgan fingerprint density at radius 2 is 2.00 bits per heavy atom. The van der Waals surface area contributed by atoms with Gasteiger partial charge in [0, 0.05) is 11.8 Å². The predicted molar refractivity (Wildman–Crippen MR) is 81.0 cm³/mol. The van der Waals surface area contributed by atoms with Gasteiger partial charge in [0.2, 0.25) is 0 Å². The van der Waals surface area contributed by atoms with Gasteiger partial charge in [-0.15, -0.1) is 0 Å². The SMILES string of the molecule is CCOC(=O)c1cc(N)ccc1Oc1cc(F)ccc1Br. The predicted octanol–water partition coefficient (Wildman–Crippen LogP) is 4.14. The van der Waals surface area contributed by atoms with E-state index >= 15 is 0 Å². The van der Waals surface area contributed by atoms with Gasteiger partial charge in [-0.2, -0.15) is 0 Å². The molecule has 0 spiro atoms. The minimum atomic E-state index is -0.549. The van der Waals surface area contributed by atoms with E-state index in [9.17, 15) is 9.18 Å². The summed E-state index contributed by atoms with van der Waals surface area (Å²) in [4.78, 5) is 11.9. The van der Waals surface area contributed by atoms with Crippen LogP contribution < -0.4 is 10.5 Å². The largest absolute Gasteiger partial charge is 0.462 e. The Morgan fingerprint density at radius 1 is 1.24 bits per heavy atom. The molecular weight excluding hydrogens is 341 g/mol. The van der Waals surface area contributed by atoms with Gasteiger partial charge in [-0.1, -0.05) is 0 Å². The first-order valence-corrected chi connectivity index (χ1v) is 7.00. The maximum atomic E-state index is 13.3. The number of benzene rings is 2. The highest BCUT2D eigenvalue weighted by atomic mass is 79.9. The number of nitrogens with two attached hydrogens (primary N) is 1. The number of rotatable bonds is 4. The second kappa shape index (κ2) is 6.58. The molecule has 0 aliphatic carbocycles. The molecule has 0 unspecified atom stereocenters. The van der Waals surface area contributed by atoms with Crippen molar-refractivity contribution in [2.24, 2.45) is 0 Å². The molecule has 0 atom stereocenters. The van der Waals surface area contributed by atoms with Crippen LogP contribution in [-0.4, -0.2) is 12.6 Å². The minimum absolute atomic E-state index is 0.188. The summed E-state index contributed by atoms with van der Waals surface area (Å²) in [6.07, 6.45) is 0. The molecule has 6 heteroatoms. The van der Waals surface area contributed by atoms with Gasteiger partial charge in [-0.05, 0) is 53.2 Å². The molecule has 0 heterocycles. The first-order chi connectivity index (χ1) is 10.0. The van der Waals surface area contributed by atoms with Crippen molar-refractivity contribution in [1.29, 1.82) is 0 Å². The van der Waals surface area contributed by atoms with Crippen LogP contribution in [-0.2, 0) is 4.74 Å². The van der Waals surface area contributed by atoms with Gasteiger partial charge in [0.25, 0.3) is 0 Å². The van der Waals surface area contributed by atoms with E-state index in [1.54, 1.807) is 19.1 Å². The number of esters is 1. The zero-order chi connectivity index (χ0) is 15.4. The summed E-state index contributed by atoms with van der Waals surface area (Å²) in [5.41, 5.74) is 6.27.